The highest BCUT2D eigenvalue weighted by Crippen LogP contribution is 2.28. The van der Waals surface area contributed by atoms with Crippen molar-refractivity contribution in [2.45, 2.75) is 20.3 Å². The Bertz CT molecular complexity index is 654. The van der Waals surface area contributed by atoms with Crippen molar-refractivity contribution >= 4 is 25.9 Å². The molecule has 0 aliphatic carbocycles. The van der Waals surface area contributed by atoms with E-state index < -0.39 is 5.97 Å². The van der Waals surface area contributed by atoms with Crippen LogP contribution in [-0.4, -0.2) is 53.0 Å². The molecule has 8 nitrogen and oxygen atoms in total. The molecule has 1 aliphatic heterocycles. The maximum absolute atomic E-state index is 11.9. The van der Waals surface area contributed by atoms with E-state index in [0.29, 0.717) is 24.4 Å². The van der Waals surface area contributed by atoms with Gasteiger partial charge in [-0.15, -0.1) is 0 Å². The predicted octanol–water partition coefficient (Wildman–Crippen LogP) is 1.33. The van der Waals surface area contributed by atoms with Crippen molar-refractivity contribution in [3.63, 3.8) is 0 Å². The summed E-state index contributed by atoms with van der Waals surface area (Å²) in [7, 11) is 3.82. The third kappa shape index (κ3) is 4.20. The third-order valence-electron chi connectivity index (χ3n) is 3.92. The number of nitrogens with one attached hydrogen (secondary N) is 3. The molecule has 0 bridgehead atoms. The zero-order valence-corrected chi connectivity index (χ0v) is 15.6. The number of carbonyl (C=O) groups is 1. The maximum atomic E-state index is 11.9. The number of amidine groups is 1. The Morgan fingerprint density at radius 1 is 1.54 bits per heavy atom. The van der Waals surface area contributed by atoms with Gasteiger partial charge in [-0.25, -0.2) is 9.99 Å². The lowest BCUT2D eigenvalue weighted by Crippen LogP contribution is -2.36. The minimum absolute atomic E-state index is 0.204. The molecule has 0 saturated heterocycles. The summed E-state index contributed by atoms with van der Waals surface area (Å²) in [6.45, 7) is 5.68. The van der Waals surface area contributed by atoms with E-state index in [4.69, 9.17) is 10.1 Å². The van der Waals surface area contributed by atoms with Crippen LogP contribution in [-0.2, 0) is 11.8 Å². The van der Waals surface area contributed by atoms with Crippen molar-refractivity contribution in [2.24, 2.45) is 7.05 Å². The molecule has 0 saturated carbocycles. The summed E-state index contributed by atoms with van der Waals surface area (Å²) in [6.07, 6.45) is 0.891. The lowest BCUT2D eigenvalue weighted by Gasteiger charge is -2.31. The van der Waals surface area contributed by atoms with E-state index >= 15 is 0 Å². The average Bonchev–Trinajstić information content (AvgIpc) is 2.95. The van der Waals surface area contributed by atoms with Gasteiger partial charge < -0.3 is 9.64 Å². The van der Waals surface area contributed by atoms with Crippen LogP contribution < -0.4 is 10.6 Å². The number of carbonyl (C=O) groups excluding carboxylic acids is 1. The van der Waals surface area contributed by atoms with Crippen molar-refractivity contribution in [3.8, 4) is 0 Å². The van der Waals surface area contributed by atoms with Crippen molar-refractivity contribution in [3.05, 3.63) is 23.0 Å². The summed E-state index contributed by atoms with van der Waals surface area (Å²) in [4.78, 5) is 13.9. The SMILES string of the molecule is CCOC(=O)c1cc(C2=C(C)CCN(C(=N)PNNC)C2)n(C)n1. The number of ether oxygens (including phenoxy) is 1. The van der Waals surface area contributed by atoms with E-state index in [9.17, 15) is 4.79 Å². The number of hydrogen-bond acceptors (Lipinski definition) is 6. The first-order valence-electron chi connectivity index (χ1n) is 7.89. The third-order valence-corrected chi connectivity index (χ3v) is 4.84. The zero-order valence-electron chi connectivity index (χ0n) is 14.6. The van der Waals surface area contributed by atoms with Gasteiger partial charge in [0.05, 0.1) is 12.3 Å². The molecule has 0 radical (unpaired) electrons. The van der Waals surface area contributed by atoms with Crippen LogP contribution in [0, 0.1) is 5.41 Å². The fourth-order valence-corrected chi connectivity index (χ4v) is 3.20. The van der Waals surface area contributed by atoms with Gasteiger partial charge in [0.2, 0.25) is 0 Å². The molecule has 1 atom stereocenters. The van der Waals surface area contributed by atoms with Gasteiger partial charge >= 0.3 is 5.97 Å². The van der Waals surface area contributed by atoms with E-state index in [1.54, 1.807) is 24.7 Å². The normalized spacial score (nSPS) is 15.4. The zero-order chi connectivity index (χ0) is 17.7. The van der Waals surface area contributed by atoms with Gasteiger partial charge in [-0.2, -0.15) is 5.10 Å². The molecule has 24 heavy (non-hydrogen) atoms. The number of hydrazine groups is 1. The number of rotatable bonds is 6. The second kappa shape index (κ2) is 8.37. The molecule has 1 aliphatic rings. The van der Waals surface area contributed by atoms with E-state index in [-0.39, 0.29) is 8.73 Å². The summed E-state index contributed by atoms with van der Waals surface area (Å²) in [6, 6.07) is 1.78. The van der Waals surface area contributed by atoms with Gasteiger partial charge in [0.1, 0.15) is 5.58 Å². The standard InChI is InChI=1S/C15H25N6O2P/c1-5-23-14(22)12-8-13(20(4)18-12)11-9-21(7-6-10(11)2)15(16)24-19-17-3/h8,16-17,19,24H,5-7,9H2,1-4H3. The number of esters is 1. The number of nitrogens with zero attached hydrogens (tertiary/aromatic N) is 3. The topological polar surface area (TPSA) is 95.3 Å². The first-order chi connectivity index (χ1) is 11.5. The fourth-order valence-electron chi connectivity index (χ4n) is 2.60. The van der Waals surface area contributed by atoms with Crippen LogP contribution in [0.1, 0.15) is 36.5 Å². The molecule has 3 N–H and O–H groups in total. The van der Waals surface area contributed by atoms with Crippen LogP contribution in [0.3, 0.4) is 0 Å². The van der Waals surface area contributed by atoms with E-state index in [1.807, 2.05) is 11.9 Å². The Hall–Kier alpha value is -1.76. The molecule has 0 spiro atoms. The minimum Gasteiger partial charge on any atom is -0.461 e. The van der Waals surface area contributed by atoms with Gasteiger partial charge in [0, 0.05) is 28.9 Å². The minimum atomic E-state index is -0.405. The quantitative estimate of drug-likeness (QED) is 0.235. The van der Waals surface area contributed by atoms with E-state index in [2.05, 4.69) is 22.6 Å². The molecule has 2 rings (SSSR count). The Kier molecular flexibility index (Phi) is 6.48. The maximum Gasteiger partial charge on any atom is 0.358 e. The first kappa shape index (κ1) is 18.6. The van der Waals surface area contributed by atoms with Gasteiger partial charge in [0.25, 0.3) is 0 Å². The Labute approximate surface area is 143 Å². The van der Waals surface area contributed by atoms with Gasteiger partial charge in [-0.05, 0) is 39.0 Å². The van der Waals surface area contributed by atoms with Crippen molar-refractivity contribution in [1.82, 2.24) is 25.3 Å². The first-order valence-corrected chi connectivity index (χ1v) is 8.89. The predicted molar refractivity (Wildman–Crippen MR) is 96.2 cm³/mol. The number of aryl methyl sites for hydroxylation is 1. The Morgan fingerprint density at radius 2 is 2.29 bits per heavy atom. The molecule has 132 valence electrons. The summed E-state index contributed by atoms with van der Waals surface area (Å²) in [5.74, 6) is -0.405. The average molecular weight is 352 g/mol. The highest BCUT2D eigenvalue weighted by molar-refractivity contribution is 7.55. The second-order valence-electron chi connectivity index (χ2n) is 5.54. The molecule has 1 unspecified atom stereocenters. The van der Waals surface area contributed by atoms with E-state index in [0.717, 1.165) is 24.2 Å². The lowest BCUT2D eigenvalue weighted by molar-refractivity contribution is 0.0518. The molecule has 0 fully saturated rings. The van der Waals surface area contributed by atoms with Crippen LogP contribution in [0.5, 0.6) is 0 Å². The Morgan fingerprint density at radius 3 is 2.96 bits per heavy atom. The van der Waals surface area contributed by atoms with Crippen molar-refractivity contribution in [2.75, 3.05) is 26.7 Å². The second-order valence-corrected chi connectivity index (χ2v) is 6.51. The summed E-state index contributed by atoms with van der Waals surface area (Å²) >= 11 is 0. The molecule has 0 amide bonds. The molecule has 2 heterocycles. The largest absolute Gasteiger partial charge is 0.461 e. The van der Waals surface area contributed by atoms with Crippen LogP contribution in [0.15, 0.2) is 11.6 Å². The van der Waals surface area contributed by atoms with Crippen LogP contribution in [0.4, 0.5) is 0 Å². The molecule has 0 aromatic carbocycles. The van der Waals surface area contributed by atoms with E-state index in [1.165, 1.54) is 5.57 Å². The fraction of sp³-hybridized carbons (Fsp3) is 0.533. The molecule has 1 aromatic heterocycles. The van der Waals surface area contributed by atoms with Crippen molar-refractivity contribution in [1.29, 1.82) is 5.41 Å². The van der Waals surface area contributed by atoms with Gasteiger partial charge in [0.15, 0.2) is 5.69 Å². The summed E-state index contributed by atoms with van der Waals surface area (Å²) in [5, 5.41) is 15.4. The summed E-state index contributed by atoms with van der Waals surface area (Å²) < 4.78 is 6.74. The van der Waals surface area contributed by atoms with Crippen LogP contribution in [0.25, 0.3) is 5.57 Å². The van der Waals surface area contributed by atoms with Gasteiger partial charge in [-0.1, -0.05) is 5.57 Å². The summed E-state index contributed by atoms with van der Waals surface area (Å²) in [5.41, 5.74) is 7.00. The smallest absolute Gasteiger partial charge is 0.358 e. The molecule has 9 heteroatoms. The van der Waals surface area contributed by atoms with Crippen molar-refractivity contribution < 1.29 is 9.53 Å². The monoisotopic (exact) mass is 352 g/mol. The molecular weight excluding hydrogens is 327 g/mol. The lowest BCUT2D eigenvalue weighted by atomic mass is 9.99. The molecular formula is C15H25N6O2P. The van der Waals surface area contributed by atoms with Crippen LogP contribution >= 0.6 is 8.73 Å². The Balaban J connectivity index is 2.20. The number of aromatic nitrogens is 2. The van der Waals surface area contributed by atoms with Crippen LogP contribution in [0.2, 0.25) is 0 Å². The highest BCUT2D eigenvalue weighted by atomic mass is 31.1. The number of hydrogen-bond donors (Lipinski definition) is 3. The van der Waals surface area contributed by atoms with Gasteiger partial charge in [-0.3, -0.25) is 15.5 Å². The molecule has 1 aromatic rings. The highest BCUT2D eigenvalue weighted by Gasteiger charge is 2.23.